The first-order valence-electron chi connectivity index (χ1n) is 3.23. The minimum atomic E-state index is 0.223. The second-order valence-corrected chi connectivity index (χ2v) is 1.89. The summed E-state index contributed by atoms with van der Waals surface area (Å²) < 4.78 is 5.11. The molecule has 0 fully saturated rings. The Balaban J connectivity index is 2.43. The van der Waals surface area contributed by atoms with Crippen molar-refractivity contribution in [3.63, 3.8) is 0 Å². The number of hydrogen-bond acceptors (Lipinski definition) is 2. The van der Waals surface area contributed by atoms with Crippen LogP contribution in [0.3, 0.4) is 0 Å². The molecular formula is C9H8O2. The fourth-order valence-electron chi connectivity index (χ4n) is 0.668. The highest BCUT2D eigenvalue weighted by atomic mass is 16.5. The lowest BCUT2D eigenvalue weighted by molar-refractivity contribution is 0.368. The second-order valence-electron chi connectivity index (χ2n) is 1.89. The highest BCUT2D eigenvalue weighted by molar-refractivity contribution is 5.21. The average molecular weight is 148 g/mol. The van der Waals surface area contributed by atoms with Crippen LogP contribution in [0.15, 0.2) is 30.3 Å². The summed E-state index contributed by atoms with van der Waals surface area (Å²) in [4.78, 5) is 0. The van der Waals surface area contributed by atoms with E-state index in [4.69, 9.17) is 9.84 Å². The SMILES string of the molecule is OC#CCOc1ccccc1. The van der Waals surface area contributed by atoms with Crippen molar-refractivity contribution in [1.82, 2.24) is 0 Å². The summed E-state index contributed by atoms with van der Waals surface area (Å²) in [6, 6.07) is 9.33. The maximum absolute atomic E-state index is 8.10. The van der Waals surface area contributed by atoms with E-state index >= 15 is 0 Å². The lowest BCUT2D eigenvalue weighted by Crippen LogP contribution is -1.92. The molecule has 0 saturated carbocycles. The minimum absolute atomic E-state index is 0.223. The van der Waals surface area contributed by atoms with Gasteiger partial charge < -0.3 is 9.84 Å². The Labute approximate surface area is 65.4 Å². The molecule has 0 spiro atoms. The van der Waals surface area contributed by atoms with E-state index < -0.39 is 0 Å². The molecule has 0 heterocycles. The van der Waals surface area contributed by atoms with Crippen molar-refractivity contribution in [2.24, 2.45) is 0 Å². The Morgan fingerprint density at radius 1 is 1.27 bits per heavy atom. The topological polar surface area (TPSA) is 29.5 Å². The predicted molar refractivity (Wildman–Crippen MR) is 41.6 cm³/mol. The van der Waals surface area contributed by atoms with Gasteiger partial charge in [0.2, 0.25) is 0 Å². The summed E-state index contributed by atoms with van der Waals surface area (Å²) in [6.45, 7) is 0.223. The highest BCUT2D eigenvalue weighted by Gasteiger charge is 1.85. The number of rotatable bonds is 2. The summed E-state index contributed by atoms with van der Waals surface area (Å²) in [7, 11) is 0. The maximum atomic E-state index is 8.10. The van der Waals surface area contributed by atoms with Crippen molar-refractivity contribution in [1.29, 1.82) is 0 Å². The molecule has 1 rings (SSSR count). The number of benzene rings is 1. The smallest absolute Gasteiger partial charge is 0.152 e. The third-order valence-electron chi connectivity index (χ3n) is 1.13. The molecule has 0 saturated heterocycles. The third-order valence-corrected chi connectivity index (χ3v) is 1.13. The van der Waals surface area contributed by atoms with Crippen LogP contribution in [0.25, 0.3) is 0 Å². The van der Waals surface area contributed by atoms with Crippen LogP contribution in [0.2, 0.25) is 0 Å². The minimum Gasteiger partial charge on any atom is -0.481 e. The maximum Gasteiger partial charge on any atom is 0.152 e. The molecule has 0 aliphatic rings. The summed E-state index contributed by atoms with van der Waals surface area (Å²) >= 11 is 0. The van der Waals surface area contributed by atoms with Crippen LogP contribution in [0.1, 0.15) is 0 Å². The van der Waals surface area contributed by atoms with Gasteiger partial charge in [-0.1, -0.05) is 18.2 Å². The van der Waals surface area contributed by atoms with Gasteiger partial charge in [-0.05, 0) is 18.1 Å². The van der Waals surface area contributed by atoms with Crippen molar-refractivity contribution >= 4 is 0 Å². The molecule has 2 heteroatoms. The molecule has 0 amide bonds. The van der Waals surface area contributed by atoms with Gasteiger partial charge in [0.15, 0.2) is 6.61 Å². The average Bonchev–Trinajstić information content (AvgIpc) is 2.07. The van der Waals surface area contributed by atoms with Crippen molar-refractivity contribution in [3.8, 4) is 17.8 Å². The van der Waals surface area contributed by atoms with Gasteiger partial charge in [-0.25, -0.2) is 0 Å². The highest BCUT2D eigenvalue weighted by Crippen LogP contribution is 2.06. The van der Waals surface area contributed by atoms with Crippen LogP contribution in [-0.2, 0) is 0 Å². The molecule has 1 N–H and O–H groups in total. The van der Waals surface area contributed by atoms with E-state index in [1.54, 1.807) is 6.11 Å². The van der Waals surface area contributed by atoms with Gasteiger partial charge in [0.25, 0.3) is 0 Å². The largest absolute Gasteiger partial charge is 0.481 e. The van der Waals surface area contributed by atoms with E-state index in [-0.39, 0.29) is 6.61 Å². The summed E-state index contributed by atoms with van der Waals surface area (Å²) in [5.74, 6) is 3.14. The summed E-state index contributed by atoms with van der Waals surface area (Å²) in [5, 5.41) is 8.10. The second kappa shape index (κ2) is 4.24. The quantitative estimate of drug-likeness (QED) is 0.642. The van der Waals surface area contributed by atoms with Crippen LogP contribution in [0.5, 0.6) is 5.75 Å². The lowest BCUT2D eigenvalue weighted by Gasteiger charge is -1.98. The zero-order valence-electron chi connectivity index (χ0n) is 5.95. The van der Waals surface area contributed by atoms with Gasteiger partial charge in [-0.15, -0.1) is 0 Å². The Morgan fingerprint density at radius 3 is 2.64 bits per heavy atom. The number of para-hydroxylation sites is 1. The molecule has 0 atom stereocenters. The first-order valence-corrected chi connectivity index (χ1v) is 3.23. The Kier molecular flexibility index (Phi) is 2.88. The van der Waals surface area contributed by atoms with Gasteiger partial charge in [-0.2, -0.15) is 0 Å². The van der Waals surface area contributed by atoms with Crippen LogP contribution in [0.4, 0.5) is 0 Å². The number of aliphatic hydroxyl groups is 1. The van der Waals surface area contributed by atoms with E-state index in [1.165, 1.54) is 0 Å². The van der Waals surface area contributed by atoms with E-state index in [0.717, 1.165) is 5.75 Å². The van der Waals surface area contributed by atoms with Gasteiger partial charge in [0.1, 0.15) is 11.9 Å². The standard InChI is InChI=1S/C9H8O2/c10-7-4-8-11-9-5-2-1-3-6-9/h1-3,5-6,10H,8H2. The molecule has 0 aliphatic heterocycles. The van der Waals surface area contributed by atoms with Crippen LogP contribution >= 0.6 is 0 Å². The van der Waals surface area contributed by atoms with Gasteiger partial charge in [0, 0.05) is 0 Å². The molecule has 1 aromatic rings. The van der Waals surface area contributed by atoms with E-state index in [1.807, 2.05) is 30.3 Å². The zero-order chi connectivity index (χ0) is 7.94. The van der Waals surface area contributed by atoms with Crippen molar-refractivity contribution in [2.45, 2.75) is 0 Å². The van der Waals surface area contributed by atoms with Crippen molar-refractivity contribution < 1.29 is 9.84 Å². The fourth-order valence-corrected chi connectivity index (χ4v) is 0.668. The Bertz CT molecular complexity index is 256. The number of aliphatic hydroxyl groups excluding tert-OH is 1. The number of ether oxygens (including phenoxy) is 1. The van der Waals surface area contributed by atoms with Crippen molar-refractivity contribution in [2.75, 3.05) is 6.61 Å². The molecule has 0 unspecified atom stereocenters. The van der Waals surface area contributed by atoms with Crippen LogP contribution < -0.4 is 4.74 Å². The third kappa shape index (κ3) is 2.63. The van der Waals surface area contributed by atoms with Crippen LogP contribution in [-0.4, -0.2) is 11.7 Å². The molecule has 1 aromatic carbocycles. The Morgan fingerprint density at radius 2 is 2.00 bits per heavy atom. The fraction of sp³-hybridized carbons (Fsp3) is 0.111. The van der Waals surface area contributed by atoms with E-state index in [2.05, 4.69) is 5.92 Å². The zero-order valence-corrected chi connectivity index (χ0v) is 5.95. The van der Waals surface area contributed by atoms with Gasteiger partial charge in [0.05, 0.1) is 0 Å². The molecule has 0 bridgehead atoms. The summed E-state index contributed by atoms with van der Waals surface area (Å²) in [6.07, 6.45) is 1.76. The molecule has 0 aliphatic carbocycles. The molecular weight excluding hydrogens is 140 g/mol. The monoisotopic (exact) mass is 148 g/mol. The normalized spacial score (nSPS) is 8.00. The molecule has 0 radical (unpaired) electrons. The molecule has 11 heavy (non-hydrogen) atoms. The first kappa shape index (κ1) is 7.49. The summed E-state index contributed by atoms with van der Waals surface area (Å²) in [5.41, 5.74) is 0. The Hall–Kier alpha value is -1.62. The predicted octanol–water partition coefficient (Wildman–Crippen LogP) is 1.40. The molecule has 0 aromatic heterocycles. The molecule has 56 valence electrons. The lowest BCUT2D eigenvalue weighted by atomic mass is 10.3. The molecule has 2 nitrogen and oxygen atoms in total. The van der Waals surface area contributed by atoms with Crippen LogP contribution in [0, 0.1) is 12.0 Å². The van der Waals surface area contributed by atoms with Gasteiger partial charge >= 0.3 is 0 Å². The van der Waals surface area contributed by atoms with Crippen molar-refractivity contribution in [3.05, 3.63) is 30.3 Å². The van der Waals surface area contributed by atoms with Gasteiger partial charge in [-0.3, -0.25) is 0 Å². The van der Waals surface area contributed by atoms with E-state index in [9.17, 15) is 0 Å². The van der Waals surface area contributed by atoms with E-state index in [0.29, 0.717) is 0 Å². The first-order chi connectivity index (χ1) is 5.43. The number of hydrogen-bond donors (Lipinski definition) is 1.